The molecule has 0 aliphatic rings. The van der Waals surface area contributed by atoms with Gasteiger partial charge in [0.25, 0.3) is 11.5 Å². The highest BCUT2D eigenvalue weighted by Gasteiger charge is 2.17. The third kappa shape index (κ3) is 5.40. The number of H-pyrrole nitrogens is 1. The van der Waals surface area contributed by atoms with Gasteiger partial charge in [0.05, 0.1) is 5.39 Å². The molecular weight excluding hydrogens is 334 g/mol. The SMILES string of the molecule is CCCCCCC(C)NC(=O)COC(=O)c1n[nH]c(=O)c2ccccc12. The van der Waals surface area contributed by atoms with Crippen LogP contribution in [0.2, 0.25) is 0 Å². The summed E-state index contributed by atoms with van der Waals surface area (Å²) in [5, 5.41) is 9.59. The molecule has 0 spiro atoms. The summed E-state index contributed by atoms with van der Waals surface area (Å²) in [6.45, 7) is 3.70. The van der Waals surface area contributed by atoms with Crippen LogP contribution in [0, 0.1) is 0 Å². The minimum atomic E-state index is -0.747. The maximum atomic E-state index is 12.2. The molecule has 2 aromatic rings. The maximum Gasteiger partial charge on any atom is 0.359 e. The van der Waals surface area contributed by atoms with Gasteiger partial charge in [-0.15, -0.1) is 0 Å². The summed E-state index contributed by atoms with van der Waals surface area (Å²) < 4.78 is 5.05. The average molecular weight is 359 g/mol. The number of nitrogens with one attached hydrogen (secondary N) is 2. The number of rotatable bonds is 9. The van der Waals surface area contributed by atoms with Crippen molar-refractivity contribution >= 4 is 22.6 Å². The molecule has 1 aromatic heterocycles. The Kier molecular flexibility index (Phi) is 7.32. The van der Waals surface area contributed by atoms with Gasteiger partial charge >= 0.3 is 5.97 Å². The van der Waals surface area contributed by atoms with Crippen molar-refractivity contribution in [2.24, 2.45) is 0 Å². The maximum absolute atomic E-state index is 12.2. The smallest absolute Gasteiger partial charge is 0.359 e. The van der Waals surface area contributed by atoms with Gasteiger partial charge in [0, 0.05) is 11.4 Å². The number of fused-ring (bicyclic) bond motifs is 1. The standard InChI is InChI=1S/C19H25N3O4/c1-3-4-5-6-9-13(2)20-16(23)12-26-19(25)17-14-10-7-8-11-15(14)18(24)22-21-17/h7-8,10-11,13H,3-6,9,12H2,1-2H3,(H,20,23)(H,22,24). The molecule has 0 aliphatic heterocycles. The lowest BCUT2D eigenvalue weighted by Gasteiger charge is -2.13. The van der Waals surface area contributed by atoms with Crippen molar-refractivity contribution in [1.82, 2.24) is 15.5 Å². The van der Waals surface area contributed by atoms with E-state index in [1.54, 1.807) is 24.3 Å². The fraction of sp³-hybridized carbons (Fsp3) is 0.474. The van der Waals surface area contributed by atoms with Gasteiger partial charge in [-0.3, -0.25) is 9.59 Å². The summed E-state index contributed by atoms with van der Waals surface area (Å²) in [5.41, 5.74) is -0.396. The third-order valence-electron chi connectivity index (χ3n) is 4.12. The van der Waals surface area contributed by atoms with E-state index >= 15 is 0 Å². The number of ether oxygens (including phenoxy) is 1. The molecule has 1 atom stereocenters. The van der Waals surface area contributed by atoms with E-state index in [9.17, 15) is 14.4 Å². The summed E-state index contributed by atoms with van der Waals surface area (Å²) in [4.78, 5) is 35.9. The second-order valence-electron chi connectivity index (χ2n) is 6.34. The molecule has 0 aliphatic carbocycles. The van der Waals surface area contributed by atoms with Crippen LogP contribution in [0.5, 0.6) is 0 Å². The van der Waals surface area contributed by atoms with Gasteiger partial charge in [-0.25, -0.2) is 9.89 Å². The summed E-state index contributed by atoms with van der Waals surface area (Å²) in [7, 11) is 0. The third-order valence-corrected chi connectivity index (χ3v) is 4.12. The number of carbonyl (C=O) groups is 2. The number of benzene rings is 1. The molecule has 0 bridgehead atoms. The van der Waals surface area contributed by atoms with Crippen molar-refractivity contribution in [1.29, 1.82) is 0 Å². The lowest BCUT2D eigenvalue weighted by molar-refractivity contribution is -0.124. The van der Waals surface area contributed by atoms with Crippen LogP contribution in [0.15, 0.2) is 29.1 Å². The van der Waals surface area contributed by atoms with E-state index in [1.165, 1.54) is 12.8 Å². The summed E-state index contributed by atoms with van der Waals surface area (Å²) in [5.74, 6) is -1.10. The molecule has 0 radical (unpaired) electrons. The Hall–Kier alpha value is -2.70. The number of esters is 1. The quantitative estimate of drug-likeness (QED) is 0.529. The van der Waals surface area contributed by atoms with E-state index in [0.29, 0.717) is 10.8 Å². The molecule has 1 unspecified atom stereocenters. The minimum absolute atomic E-state index is 0.0133. The molecule has 1 heterocycles. The lowest BCUT2D eigenvalue weighted by atomic mass is 10.1. The second-order valence-corrected chi connectivity index (χ2v) is 6.34. The Morgan fingerprint density at radius 2 is 1.92 bits per heavy atom. The molecule has 2 rings (SSSR count). The van der Waals surface area contributed by atoms with Crippen LogP contribution < -0.4 is 10.9 Å². The van der Waals surface area contributed by atoms with Gasteiger partial charge in [-0.2, -0.15) is 5.10 Å². The molecule has 7 heteroatoms. The molecule has 1 aromatic carbocycles. The Bertz CT molecular complexity index is 816. The van der Waals surface area contributed by atoms with Crippen molar-refractivity contribution in [3.8, 4) is 0 Å². The molecule has 140 valence electrons. The van der Waals surface area contributed by atoms with Gasteiger partial charge in [0.2, 0.25) is 0 Å². The zero-order chi connectivity index (χ0) is 18.9. The van der Waals surface area contributed by atoms with Crippen LogP contribution >= 0.6 is 0 Å². The van der Waals surface area contributed by atoms with E-state index in [2.05, 4.69) is 22.4 Å². The van der Waals surface area contributed by atoms with Gasteiger partial charge in [0.1, 0.15) is 0 Å². The minimum Gasteiger partial charge on any atom is -0.451 e. The molecule has 1 amide bonds. The molecule has 26 heavy (non-hydrogen) atoms. The van der Waals surface area contributed by atoms with Crippen molar-refractivity contribution in [3.05, 3.63) is 40.3 Å². The summed E-state index contributed by atoms with van der Waals surface area (Å²) >= 11 is 0. The number of amides is 1. The Morgan fingerprint density at radius 3 is 2.65 bits per heavy atom. The van der Waals surface area contributed by atoms with E-state index in [-0.39, 0.29) is 29.8 Å². The first-order valence-corrected chi connectivity index (χ1v) is 8.96. The van der Waals surface area contributed by atoms with Gasteiger partial charge in [-0.05, 0) is 19.4 Å². The number of unbranched alkanes of at least 4 members (excludes halogenated alkanes) is 3. The number of hydrogen-bond donors (Lipinski definition) is 2. The first kappa shape index (κ1) is 19.6. The molecule has 2 N–H and O–H groups in total. The normalized spacial score (nSPS) is 11.9. The molecule has 0 saturated heterocycles. The molecule has 7 nitrogen and oxygen atoms in total. The number of aromatic amines is 1. The molecular formula is C19H25N3O4. The van der Waals surface area contributed by atoms with Crippen LogP contribution in [0.1, 0.15) is 56.4 Å². The Balaban J connectivity index is 1.88. The monoisotopic (exact) mass is 359 g/mol. The lowest BCUT2D eigenvalue weighted by Crippen LogP contribution is -2.36. The van der Waals surface area contributed by atoms with Crippen LogP contribution in [0.4, 0.5) is 0 Å². The highest BCUT2D eigenvalue weighted by Crippen LogP contribution is 2.13. The number of aromatic nitrogens is 2. The average Bonchev–Trinajstić information content (AvgIpc) is 2.64. The summed E-state index contributed by atoms with van der Waals surface area (Å²) in [6, 6.07) is 6.64. The molecule has 0 saturated carbocycles. The molecule has 0 fully saturated rings. The van der Waals surface area contributed by atoms with Gasteiger partial charge in [-0.1, -0.05) is 50.8 Å². The van der Waals surface area contributed by atoms with Crippen LogP contribution in [-0.2, 0) is 9.53 Å². The van der Waals surface area contributed by atoms with Crippen molar-refractivity contribution < 1.29 is 14.3 Å². The Morgan fingerprint density at radius 1 is 1.19 bits per heavy atom. The highest BCUT2D eigenvalue weighted by atomic mass is 16.5. The first-order chi connectivity index (χ1) is 12.5. The van der Waals surface area contributed by atoms with Crippen molar-refractivity contribution in [3.63, 3.8) is 0 Å². The van der Waals surface area contributed by atoms with Crippen LogP contribution in [0.25, 0.3) is 10.8 Å². The summed E-state index contributed by atoms with van der Waals surface area (Å²) in [6.07, 6.45) is 5.47. The topological polar surface area (TPSA) is 101 Å². The van der Waals surface area contributed by atoms with Gasteiger partial charge in [0.15, 0.2) is 12.3 Å². The van der Waals surface area contributed by atoms with Crippen molar-refractivity contribution in [2.75, 3.05) is 6.61 Å². The largest absolute Gasteiger partial charge is 0.451 e. The van der Waals surface area contributed by atoms with E-state index in [0.717, 1.165) is 19.3 Å². The number of carbonyl (C=O) groups excluding carboxylic acids is 2. The predicted octanol–water partition coefficient (Wildman–Crippen LogP) is 2.56. The number of nitrogens with zero attached hydrogens (tertiary/aromatic N) is 1. The van der Waals surface area contributed by atoms with Crippen LogP contribution in [-0.4, -0.2) is 34.7 Å². The first-order valence-electron chi connectivity index (χ1n) is 8.96. The zero-order valence-electron chi connectivity index (χ0n) is 15.2. The van der Waals surface area contributed by atoms with Crippen molar-refractivity contribution in [2.45, 2.75) is 52.0 Å². The Labute approximate surface area is 152 Å². The predicted molar refractivity (Wildman–Crippen MR) is 99.0 cm³/mol. The number of hydrogen-bond acceptors (Lipinski definition) is 5. The fourth-order valence-electron chi connectivity index (χ4n) is 2.74. The van der Waals surface area contributed by atoms with Crippen LogP contribution in [0.3, 0.4) is 0 Å². The zero-order valence-corrected chi connectivity index (χ0v) is 15.2. The van der Waals surface area contributed by atoms with E-state index < -0.39 is 5.97 Å². The van der Waals surface area contributed by atoms with Gasteiger partial charge < -0.3 is 10.1 Å². The fourth-order valence-corrected chi connectivity index (χ4v) is 2.74. The van der Waals surface area contributed by atoms with E-state index in [1.807, 2.05) is 6.92 Å². The second kappa shape index (κ2) is 9.70. The van der Waals surface area contributed by atoms with E-state index in [4.69, 9.17) is 4.74 Å². The highest BCUT2D eigenvalue weighted by molar-refractivity contribution is 6.02.